The lowest BCUT2D eigenvalue weighted by Gasteiger charge is -2.10. The van der Waals surface area contributed by atoms with Gasteiger partial charge in [0.25, 0.3) is 0 Å². The predicted molar refractivity (Wildman–Crippen MR) is 69.7 cm³/mol. The Balaban J connectivity index is 1.80. The van der Waals surface area contributed by atoms with Gasteiger partial charge in [-0.05, 0) is 43.9 Å². The van der Waals surface area contributed by atoms with Crippen LogP contribution in [-0.2, 0) is 20.7 Å². The highest BCUT2D eigenvalue weighted by Crippen LogP contribution is 2.34. The van der Waals surface area contributed by atoms with Crippen LogP contribution in [0.25, 0.3) is 0 Å². The number of benzene rings is 1. The van der Waals surface area contributed by atoms with Gasteiger partial charge >= 0.3 is 5.97 Å². The summed E-state index contributed by atoms with van der Waals surface area (Å²) in [6.07, 6.45) is 2.49. The maximum atomic E-state index is 11.7. The van der Waals surface area contributed by atoms with Crippen LogP contribution in [0.1, 0.15) is 25.3 Å². The Bertz CT molecular complexity index is 427. The summed E-state index contributed by atoms with van der Waals surface area (Å²) >= 11 is 5.92. The fourth-order valence-corrected chi connectivity index (χ4v) is 2.20. The van der Waals surface area contributed by atoms with E-state index in [0.29, 0.717) is 19.6 Å². The molecule has 0 radical (unpaired) electrons. The van der Waals surface area contributed by atoms with E-state index in [4.69, 9.17) is 21.1 Å². The lowest BCUT2D eigenvalue weighted by atomic mass is 10.0. The standard InChI is InChI=1S/C14H17ClO3/c1-2-17-13(16)14(10-18-14)8-4-6-11-5-3-7-12(15)9-11/h3,5,7,9H,2,4,6,8,10H2,1H3. The number of epoxide rings is 1. The monoisotopic (exact) mass is 268 g/mol. The molecule has 1 heterocycles. The molecule has 0 N–H and O–H groups in total. The number of esters is 1. The highest BCUT2D eigenvalue weighted by Gasteiger charge is 2.52. The van der Waals surface area contributed by atoms with Crippen LogP contribution in [0.15, 0.2) is 24.3 Å². The summed E-state index contributed by atoms with van der Waals surface area (Å²) in [7, 11) is 0. The van der Waals surface area contributed by atoms with Gasteiger partial charge in [0.1, 0.15) is 0 Å². The molecule has 1 atom stereocenters. The van der Waals surface area contributed by atoms with Crippen molar-refractivity contribution in [3.8, 4) is 0 Å². The summed E-state index contributed by atoms with van der Waals surface area (Å²) in [5, 5.41) is 0.746. The van der Waals surface area contributed by atoms with Crippen molar-refractivity contribution in [2.24, 2.45) is 0 Å². The highest BCUT2D eigenvalue weighted by molar-refractivity contribution is 6.30. The molecule has 1 aromatic rings. The average Bonchev–Trinajstić information content (AvgIpc) is 3.11. The normalized spacial score (nSPS) is 21.7. The topological polar surface area (TPSA) is 38.8 Å². The van der Waals surface area contributed by atoms with Gasteiger partial charge in [0.15, 0.2) is 5.60 Å². The lowest BCUT2D eigenvalue weighted by Crippen LogP contribution is -2.27. The van der Waals surface area contributed by atoms with Crippen LogP contribution in [-0.4, -0.2) is 24.8 Å². The molecule has 1 aliphatic heterocycles. The fourth-order valence-electron chi connectivity index (χ4n) is 1.98. The molecule has 1 saturated heterocycles. The van der Waals surface area contributed by atoms with Crippen LogP contribution in [0, 0.1) is 0 Å². The smallest absolute Gasteiger partial charge is 0.340 e. The third kappa shape index (κ3) is 3.24. The summed E-state index contributed by atoms with van der Waals surface area (Å²) in [4.78, 5) is 11.7. The Morgan fingerprint density at radius 2 is 2.33 bits per heavy atom. The molecule has 3 nitrogen and oxygen atoms in total. The van der Waals surface area contributed by atoms with E-state index in [1.807, 2.05) is 24.3 Å². The number of ether oxygens (including phenoxy) is 2. The summed E-state index contributed by atoms with van der Waals surface area (Å²) in [6.45, 7) is 2.69. The Labute approximate surface area is 112 Å². The molecule has 0 amide bonds. The van der Waals surface area contributed by atoms with Gasteiger partial charge in [-0.3, -0.25) is 0 Å². The predicted octanol–water partition coefficient (Wildman–Crippen LogP) is 2.99. The minimum absolute atomic E-state index is 0.226. The number of hydrogen-bond acceptors (Lipinski definition) is 3. The maximum absolute atomic E-state index is 11.7. The molecule has 98 valence electrons. The van der Waals surface area contributed by atoms with E-state index in [-0.39, 0.29) is 5.97 Å². The second-order valence-corrected chi connectivity index (χ2v) is 4.92. The van der Waals surface area contributed by atoms with Gasteiger partial charge in [0.05, 0.1) is 13.2 Å². The van der Waals surface area contributed by atoms with Crippen molar-refractivity contribution >= 4 is 17.6 Å². The summed E-state index contributed by atoms with van der Waals surface area (Å²) < 4.78 is 10.3. The first-order valence-corrected chi connectivity index (χ1v) is 6.60. The first-order chi connectivity index (χ1) is 8.66. The molecule has 1 aromatic carbocycles. The number of carbonyl (C=O) groups excluding carboxylic acids is 1. The van der Waals surface area contributed by atoms with E-state index in [2.05, 4.69) is 0 Å². The molecule has 4 heteroatoms. The third-order valence-corrected chi connectivity index (χ3v) is 3.31. The minimum atomic E-state index is -0.658. The van der Waals surface area contributed by atoms with Gasteiger partial charge in [0.2, 0.25) is 0 Å². The average molecular weight is 269 g/mol. The van der Waals surface area contributed by atoms with Gasteiger partial charge in [-0.15, -0.1) is 0 Å². The number of halogens is 1. The Kier molecular flexibility index (Phi) is 4.25. The SMILES string of the molecule is CCOC(=O)C1(CCCc2cccc(Cl)c2)CO1. The summed E-state index contributed by atoms with van der Waals surface area (Å²) in [5.41, 5.74) is 0.524. The zero-order valence-electron chi connectivity index (χ0n) is 10.4. The van der Waals surface area contributed by atoms with E-state index >= 15 is 0 Å². The zero-order valence-corrected chi connectivity index (χ0v) is 11.2. The molecule has 18 heavy (non-hydrogen) atoms. The van der Waals surface area contributed by atoms with E-state index in [1.165, 1.54) is 5.56 Å². The van der Waals surface area contributed by atoms with Crippen LogP contribution >= 0.6 is 11.6 Å². The zero-order chi connectivity index (χ0) is 13.0. The quantitative estimate of drug-likeness (QED) is 0.588. The Hall–Kier alpha value is -1.06. The molecule has 0 saturated carbocycles. The van der Waals surface area contributed by atoms with Gasteiger partial charge in [0, 0.05) is 5.02 Å². The molecule has 0 spiro atoms. The van der Waals surface area contributed by atoms with Crippen molar-refractivity contribution in [2.45, 2.75) is 31.8 Å². The molecule has 1 unspecified atom stereocenters. The van der Waals surface area contributed by atoms with Crippen LogP contribution in [0.3, 0.4) is 0 Å². The Morgan fingerprint density at radius 1 is 1.56 bits per heavy atom. The van der Waals surface area contributed by atoms with Crippen molar-refractivity contribution in [3.05, 3.63) is 34.9 Å². The fraction of sp³-hybridized carbons (Fsp3) is 0.500. The van der Waals surface area contributed by atoms with Gasteiger partial charge in [-0.2, -0.15) is 0 Å². The maximum Gasteiger partial charge on any atom is 0.340 e. The van der Waals surface area contributed by atoms with Crippen LogP contribution in [0.5, 0.6) is 0 Å². The molecule has 1 fully saturated rings. The first kappa shape index (κ1) is 13.4. The highest BCUT2D eigenvalue weighted by atomic mass is 35.5. The van der Waals surface area contributed by atoms with Crippen molar-refractivity contribution in [1.82, 2.24) is 0 Å². The molecular formula is C14H17ClO3. The van der Waals surface area contributed by atoms with E-state index in [1.54, 1.807) is 6.92 Å². The Morgan fingerprint density at radius 3 is 2.94 bits per heavy atom. The van der Waals surface area contributed by atoms with Crippen molar-refractivity contribution in [1.29, 1.82) is 0 Å². The summed E-state index contributed by atoms with van der Waals surface area (Å²) in [6, 6.07) is 7.78. The second kappa shape index (κ2) is 5.72. The minimum Gasteiger partial charge on any atom is -0.464 e. The van der Waals surface area contributed by atoms with E-state index in [9.17, 15) is 4.79 Å². The lowest BCUT2D eigenvalue weighted by molar-refractivity contribution is -0.149. The van der Waals surface area contributed by atoms with Gasteiger partial charge < -0.3 is 9.47 Å². The van der Waals surface area contributed by atoms with Crippen molar-refractivity contribution < 1.29 is 14.3 Å². The molecule has 0 bridgehead atoms. The van der Waals surface area contributed by atoms with E-state index < -0.39 is 5.60 Å². The third-order valence-electron chi connectivity index (χ3n) is 3.08. The van der Waals surface area contributed by atoms with E-state index in [0.717, 1.165) is 17.9 Å². The molecular weight excluding hydrogens is 252 g/mol. The number of aryl methyl sites for hydroxylation is 1. The van der Waals surface area contributed by atoms with Crippen molar-refractivity contribution in [2.75, 3.05) is 13.2 Å². The molecule has 0 aromatic heterocycles. The largest absolute Gasteiger partial charge is 0.464 e. The first-order valence-electron chi connectivity index (χ1n) is 6.22. The molecule has 0 aliphatic carbocycles. The van der Waals surface area contributed by atoms with Crippen LogP contribution in [0.2, 0.25) is 5.02 Å². The van der Waals surface area contributed by atoms with Crippen LogP contribution in [0.4, 0.5) is 0 Å². The second-order valence-electron chi connectivity index (χ2n) is 4.49. The van der Waals surface area contributed by atoms with Crippen molar-refractivity contribution in [3.63, 3.8) is 0 Å². The number of carbonyl (C=O) groups is 1. The summed E-state index contributed by atoms with van der Waals surface area (Å²) in [5.74, 6) is -0.226. The van der Waals surface area contributed by atoms with Gasteiger partial charge in [-0.25, -0.2) is 4.79 Å². The molecule has 2 rings (SSSR count). The van der Waals surface area contributed by atoms with Gasteiger partial charge in [-0.1, -0.05) is 23.7 Å². The molecule has 1 aliphatic rings. The van der Waals surface area contributed by atoms with Crippen LogP contribution < -0.4 is 0 Å². The number of hydrogen-bond donors (Lipinski definition) is 0. The number of rotatable bonds is 6.